The van der Waals surface area contributed by atoms with Gasteiger partial charge in [0.05, 0.1) is 12.0 Å². The molecule has 1 aromatic carbocycles. The van der Waals surface area contributed by atoms with E-state index < -0.39 is 0 Å². The van der Waals surface area contributed by atoms with Crippen LogP contribution in [-0.4, -0.2) is 23.1 Å². The molecule has 1 N–H and O–H groups in total. The van der Waals surface area contributed by atoms with Crippen molar-refractivity contribution in [3.8, 4) is 5.75 Å². The van der Waals surface area contributed by atoms with Crippen molar-refractivity contribution in [1.29, 1.82) is 0 Å². The van der Waals surface area contributed by atoms with Crippen LogP contribution in [0.2, 0.25) is 0 Å². The molecule has 0 aliphatic carbocycles. The molecule has 5 heteroatoms. The van der Waals surface area contributed by atoms with Crippen molar-refractivity contribution >= 4 is 27.4 Å². The maximum atomic E-state index is 5.46. The highest BCUT2D eigenvalue weighted by Crippen LogP contribution is 2.28. The molecule has 22 heavy (non-hydrogen) atoms. The van der Waals surface area contributed by atoms with E-state index >= 15 is 0 Å². The van der Waals surface area contributed by atoms with Crippen molar-refractivity contribution in [3.63, 3.8) is 0 Å². The highest BCUT2D eigenvalue weighted by Gasteiger charge is 2.07. The van der Waals surface area contributed by atoms with E-state index in [1.807, 2.05) is 19.1 Å². The van der Waals surface area contributed by atoms with Crippen LogP contribution in [0.5, 0.6) is 5.75 Å². The van der Waals surface area contributed by atoms with Gasteiger partial charge in [0.2, 0.25) is 0 Å². The minimum atomic E-state index is 0.699. The number of ether oxygens (including phenoxy) is 1. The predicted molar refractivity (Wildman–Crippen MR) is 92.0 cm³/mol. The molecular weight excluding hydrogens is 294 g/mol. The molecule has 0 aliphatic rings. The number of rotatable bonds is 6. The Bertz CT molecular complexity index is 752. The smallest absolute Gasteiger partial charge is 0.138 e. The molecule has 0 aliphatic heterocycles. The van der Waals surface area contributed by atoms with Crippen molar-refractivity contribution < 1.29 is 4.74 Å². The quantitative estimate of drug-likeness (QED) is 0.745. The Balaban J connectivity index is 1.63. The van der Waals surface area contributed by atoms with Gasteiger partial charge in [-0.05, 0) is 48.9 Å². The van der Waals surface area contributed by atoms with Crippen molar-refractivity contribution in [2.24, 2.45) is 0 Å². The van der Waals surface area contributed by atoms with Crippen LogP contribution < -0.4 is 10.1 Å². The van der Waals surface area contributed by atoms with Gasteiger partial charge in [-0.2, -0.15) is 0 Å². The number of nitrogens with one attached hydrogen (secondary N) is 1. The lowest BCUT2D eigenvalue weighted by molar-refractivity contribution is 0.340. The molecular formula is C17H19N3OS. The number of fused-ring (bicyclic) bond motifs is 1. The summed E-state index contributed by atoms with van der Waals surface area (Å²) in [5.74, 6) is 1.85. The molecule has 3 aromatic rings. The van der Waals surface area contributed by atoms with Gasteiger partial charge in [-0.3, -0.25) is 0 Å². The Labute approximate surface area is 134 Å². The van der Waals surface area contributed by atoms with Crippen LogP contribution in [0.15, 0.2) is 36.0 Å². The first-order valence-electron chi connectivity index (χ1n) is 7.42. The molecule has 0 spiro atoms. The van der Waals surface area contributed by atoms with E-state index in [1.165, 1.54) is 11.1 Å². The van der Waals surface area contributed by atoms with E-state index in [-0.39, 0.29) is 0 Å². The Morgan fingerprint density at radius 3 is 2.77 bits per heavy atom. The van der Waals surface area contributed by atoms with Crippen LogP contribution in [0.4, 0.5) is 5.82 Å². The second-order valence-electron chi connectivity index (χ2n) is 5.07. The molecule has 2 aromatic heterocycles. The van der Waals surface area contributed by atoms with Crippen LogP contribution in [0, 0.1) is 6.92 Å². The standard InChI is InChI=1S/C17H19N3OS/c1-3-21-14-6-4-13(5-7-14)8-9-18-16-15-12(2)10-22-17(15)20-11-19-16/h4-7,10-11H,3,8-9H2,1-2H3,(H,18,19,20). The summed E-state index contributed by atoms with van der Waals surface area (Å²) in [5, 5.41) is 6.69. The number of aromatic nitrogens is 2. The number of hydrogen-bond acceptors (Lipinski definition) is 5. The lowest BCUT2D eigenvalue weighted by atomic mass is 10.1. The molecule has 0 saturated heterocycles. The monoisotopic (exact) mass is 313 g/mol. The molecule has 0 fully saturated rings. The van der Waals surface area contributed by atoms with Crippen LogP contribution in [-0.2, 0) is 6.42 Å². The van der Waals surface area contributed by atoms with Crippen LogP contribution >= 0.6 is 11.3 Å². The minimum Gasteiger partial charge on any atom is -0.494 e. The number of aryl methyl sites for hydroxylation is 1. The van der Waals surface area contributed by atoms with Crippen LogP contribution in [0.1, 0.15) is 18.1 Å². The van der Waals surface area contributed by atoms with E-state index in [4.69, 9.17) is 4.74 Å². The van der Waals surface area contributed by atoms with E-state index in [0.717, 1.165) is 34.7 Å². The Kier molecular flexibility index (Phi) is 4.53. The predicted octanol–water partition coefficient (Wildman–Crippen LogP) is 4.05. The third kappa shape index (κ3) is 3.20. The third-order valence-corrected chi connectivity index (χ3v) is 4.50. The van der Waals surface area contributed by atoms with Gasteiger partial charge in [0, 0.05) is 6.54 Å². The molecule has 0 unspecified atom stereocenters. The minimum absolute atomic E-state index is 0.699. The Hall–Kier alpha value is -2.14. The van der Waals surface area contributed by atoms with E-state index in [2.05, 4.69) is 39.7 Å². The van der Waals surface area contributed by atoms with Crippen molar-refractivity contribution in [3.05, 3.63) is 47.1 Å². The first-order valence-corrected chi connectivity index (χ1v) is 8.30. The summed E-state index contributed by atoms with van der Waals surface area (Å²) in [4.78, 5) is 9.72. The largest absolute Gasteiger partial charge is 0.494 e. The van der Waals surface area contributed by atoms with Crippen molar-refractivity contribution in [1.82, 2.24) is 9.97 Å². The van der Waals surface area contributed by atoms with Gasteiger partial charge in [0.25, 0.3) is 0 Å². The lowest BCUT2D eigenvalue weighted by Crippen LogP contribution is -2.07. The molecule has 3 rings (SSSR count). The van der Waals surface area contributed by atoms with Gasteiger partial charge in [0.1, 0.15) is 22.7 Å². The van der Waals surface area contributed by atoms with E-state index in [1.54, 1.807) is 17.7 Å². The molecule has 114 valence electrons. The van der Waals surface area contributed by atoms with Gasteiger partial charge < -0.3 is 10.1 Å². The topological polar surface area (TPSA) is 47.0 Å². The SMILES string of the molecule is CCOc1ccc(CCNc2ncnc3scc(C)c23)cc1. The number of anilines is 1. The Morgan fingerprint density at radius 1 is 1.18 bits per heavy atom. The van der Waals surface area contributed by atoms with Gasteiger partial charge in [-0.1, -0.05) is 12.1 Å². The number of hydrogen-bond donors (Lipinski definition) is 1. The summed E-state index contributed by atoms with van der Waals surface area (Å²) in [7, 11) is 0. The van der Waals surface area contributed by atoms with Crippen LogP contribution in [0.25, 0.3) is 10.2 Å². The number of thiophene rings is 1. The fourth-order valence-corrected chi connectivity index (χ4v) is 3.29. The second-order valence-corrected chi connectivity index (χ2v) is 5.93. The van der Waals surface area contributed by atoms with Gasteiger partial charge in [0.15, 0.2) is 0 Å². The molecule has 2 heterocycles. The van der Waals surface area contributed by atoms with E-state index in [0.29, 0.717) is 6.61 Å². The first kappa shape index (κ1) is 14.8. The maximum Gasteiger partial charge on any atom is 0.138 e. The normalized spacial score (nSPS) is 10.8. The zero-order valence-corrected chi connectivity index (χ0v) is 13.6. The highest BCUT2D eigenvalue weighted by molar-refractivity contribution is 7.17. The second kappa shape index (κ2) is 6.75. The maximum absolute atomic E-state index is 5.46. The van der Waals surface area contributed by atoms with Crippen molar-refractivity contribution in [2.75, 3.05) is 18.5 Å². The highest BCUT2D eigenvalue weighted by atomic mass is 32.1. The fraction of sp³-hybridized carbons (Fsp3) is 0.294. The Morgan fingerprint density at radius 2 is 2.00 bits per heavy atom. The molecule has 0 radical (unpaired) electrons. The summed E-state index contributed by atoms with van der Waals surface area (Å²) < 4.78 is 5.46. The average molecular weight is 313 g/mol. The average Bonchev–Trinajstić information content (AvgIpc) is 2.92. The lowest BCUT2D eigenvalue weighted by Gasteiger charge is -2.08. The molecule has 0 amide bonds. The zero-order chi connectivity index (χ0) is 15.4. The molecule has 0 saturated carbocycles. The summed E-state index contributed by atoms with van der Waals surface area (Å²) in [6.07, 6.45) is 2.57. The summed E-state index contributed by atoms with van der Waals surface area (Å²) in [6, 6.07) is 8.26. The third-order valence-electron chi connectivity index (χ3n) is 3.49. The first-order chi connectivity index (χ1) is 10.8. The van der Waals surface area contributed by atoms with Gasteiger partial charge in [-0.15, -0.1) is 11.3 Å². The zero-order valence-electron chi connectivity index (χ0n) is 12.8. The molecule has 4 nitrogen and oxygen atoms in total. The van der Waals surface area contributed by atoms with Gasteiger partial charge >= 0.3 is 0 Å². The van der Waals surface area contributed by atoms with Gasteiger partial charge in [-0.25, -0.2) is 9.97 Å². The van der Waals surface area contributed by atoms with Crippen molar-refractivity contribution in [2.45, 2.75) is 20.3 Å². The number of benzene rings is 1. The number of nitrogens with zero attached hydrogens (tertiary/aromatic N) is 2. The summed E-state index contributed by atoms with van der Waals surface area (Å²) >= 11 is 1.66. The van der Waals surface area contributed by atoms with E-state index in [9.17, 15) is 0 Å². The molecule has 0 bridgehead atoms. The fourth-order valence-electron chi connectivity index (χ4n) is 2.40. The summed E-state index contributed by atoms with van der Waals surface area (Å²) in [5.41, 5.74) is 2.51. The molecule has 0 atom stereocenters. The van der Waals surface area contributed by atoms with Crippen LogP contribution in [0.3, 0.4) is 0 Å². The summed E-state index contributed by atoms with van der Waals surface area (Å²) in [6.45, 7) is 5.63.